The molecule has 0 atom stereocenters. The van der Waals surface area contributed by atoms with Crippen molar-refractivity contribution in [1.82, 2.24) is 0 Å². The van der Waals surface area contributed by atoms with Gasteiger partial charge in [0.05, 0.1) is 5.69 Å². The van der Waals surface area contributed by atoms with E-state index in [2.05, 4.69) is 223 Å². The predicted octanol–water partition coefficient (Wildman–Crippen LogP) is 16.0. The van der Waals surface area contributed by atoms with Crippen molar-refractivity contribution in [2.75, 3.05) is 4.90 Å². The fourth-order valence-corrected chi connectivity index (χ4v) is 8.82. The number of nitrogens with zero attached hydrogens (tertiary/aromatic N) is 1. The molecular weight excluding hydrogens is 703 g/mol. The first-order valence-corrected chi connectivity index (χ1v) is 19.8. The van der Waals surface area contributed by atoms with Crippen LogP contribution in [0.4, 0.5) is 17.1 Å². The summed E-state index contributed by atoms with van der Waals surface area (Å²) >= 11 is 0. The summed E-state index contributed by atoms with van der Waals surface area (Å²) < 4.78 is 6.39. The third kappa shape index (κ3) is 5.74. The molecule has 0 radical (unpaired) electrons. The summed E-state index contributed by atoms with van der Waals surface area (Å²) in [6.07, 6.45) is 0. The van der Waals surface area contributed by atoms with Gasteiger partial charge in [-0.25, -0.2) is 0 Å². The maximum absolute atomic E-state index is 6.39. The van der Waals surface area contributed by atoms with Gasteiger partial charge in [-0.15, -0.1) is 0 Å². The van der Waals surface area contributed by atoms with Crippen LogP contribution in [0.15, 0.2) is 229 Å². The van der Waals surface area contributed by atoms with E-state index in [0.29, 0.717) is 0 Å². The molecular formula is C56H37NO. The zero-order valence-electron chi connectivity index (χ0n) is 31.7. The molecule has 272 valence electrons. The average molecular weight is 740 g/mol. The third-order valence-electron chi connectivity index (χ3n) is 11.5. The van der Waals surface area contributed by atoms with E-state index in [9.17, 15) is 0 Å². The molecule has 0 unspecified atom stereocenters. The van der Waals surface area contributed by atoms with Gasteiger partial charge in [-0.05, 0) is 103 Å². The van der Waals surface area contributed by atoms with Crippen LogP contribution in [0.25, 0.3) is 88.0 Å². The third-order valence-corrected chi connectivity index (χ3v) is 11.5. The van der Waals surface area contributed by atoms with E-state index in [4.69, 9.17) is 4.42 Å². The van der Waals surface area contributed by atoms with Crippen molar-refractivity contribution in [1.29, 1.82) is 0 Å². The van der Waals surface area contributed by atoms with Gasteiger partial charge in [0.1, 0.15) is 11.2 Å². The van der Waals surface area contributed by atoms with Crippen molar-refractivity contribution in [2.24, 2.45) is 0 Å². The van der Waals surface area contributed by atoms with Crippen LogP contribution >= 0.6 is 0 Å². The number of fused-ring (bicyclic) bond motifs is 6. The summed E-state index contributed by atoms with van der Waals surface area (Å²) in [7, 11) is 0. The smallest absolute Gasteiger partial charge is 0.136 e. The Morgan fingerprint density at radius 2 is 0.879 bits per heavy atom. The Labute approximate surface area is 337 Å². The number of anilines is 3. The van der Waals surface area contributed by atoms with Crippen molar-refractivity contribution in [3.63, 3.8) is 0 Å². The first-order chi connectivity index (χ1) is 28.8. The van der Waals surface area contributed by atoms with E-state index < -0.39 is 0 Å². The van der Waals surface area contributed by atoms with Crippen LogP contribution < -0.4 is 4.90 Å². The normalized spacial score (nSPS) is 11.4. The highest BCUT2D eigenvalue weighted by Crippen LogP contribution is 2.46. The Hall–Kier alpha value is -7.68. The Morgan fingerprint density at radius 1 is 0.293 bits per heavy atom. The number of benzene rings is 10. The Balaban J connectivity index is 1.10. The van der Waals surface area contributed by atoms with Gasteiger partial charge in [0.2, 0.25) is 0 Å². The molecule has 0 N–H and O–H groups in total. The molecule has 0 aliphatic carbocycles. The van der Waals surface area contributed by atoms with Gasteiger partial charge in [-0.3, -0.25) is 0 Å². The quantitative estimate of drug-likeness (QED) is 0.151. The second-order valence-electron chi connectivity index (χ2n) is 14.8. The van der Waals surface area contributed by atoms with Crippen LogP contribution in [0.2, 0.25) is 0 Å². The molecule has 11 aromatic rings. The lowest BCUT2D eigenvalue weighted by Gasteiger charge is -2.29. The van der Waals surface area contributed by atoms with E-state index in [0.717, 1.165) is 55.7 Å². The number of para-hydroxylation sites is 2. The first kappa shape index (κ1) is 33.6. The second-order valence-corrected chi connectivity index (χ2v) is 14.8. The maximum atomic E-state index is 6.39. The predicted molar refractivity (Wildman–Crippen MR) is 245 cm³/mol. The summed E-state index contributed by atoms with van der Waals surface area (Å²) in [4.78, 5) is 2.41. The average Bonchev–Trinajstić information content (AvgIpc) is 3.69. The van der Waals surface area contributed by atoms with Gasteiger partial charge in [0.15, 0.2) is 0 Å². The van der Waals surface area contributed by atoms with Gasteiger partial charge in [-0.1, -0.05) is 182 Å². The molecule has 0 aliphatic heterocycles. The Bertz CT molecular complexity index is 3290. The molecule has 0 aliphatic rings. The lowest BCUT2D eigenvalue weighted by Crippen LogP contribution is -2.11. The van der Waals surface area contributed by atoms with Crippen molar-refractivity contribution >= 4 is 60.5 Å². The molecule has 10 aromatic carbocycles. The minimum Gasteiger partial charge on any atom is -0.456 e. The number of hydrogen-bond donors (Lipinski definition) is 0. The Morgan fingerprint density at radius 3 is 1.74 bits per heavy atom. The lowest BCUT2D eigenvalue weighted by atomic mass is 9.93. The minimum atomic E-state index is 0.881. The van der Waals surface area contributed by atoms with Gasteiger partial charge in [-0.2, -0.15) is 0 Å². The van der Waals surface area contributed by atoms with Crippen molar-refractivity contribution < 1.29 is 4.42 Å². The van der Waals surface area contributed by atoms with Crippen LogP contribution in [0, 0.1) is 0 Å². The van der Waals surface area contributed by atoms with Crippen LogP contribution in [0.3, 0.4) is 0 Å². The largest absolute Gasteiger partial charge is 0.456 e. The van der Waals surface area contributed by atoms with E-state index in [-0.39, 0.29) is 0 Å². The van der Waals surface area contributed by atoms with Crippen LogP contribution in [0.5, 0.6) is 0 Å². The zero-order valence-corrected chi connectivity index (χ0v) is 31.7. The fraction of sp³-hybridized carbons (Fsp3) is 0. The van der Waals surface area contributed by atoms with Gasteiger partial charge >= 0.3 is 0 Å². The Kier molecular flexibility index (Phi) is 8.19. The maximum Gasteiger partial charge on any atom is 0.136 e. The molecule has 0 spiro atoms. The topological polar surface area (TPSA) is 16.4 Å². The highest BCUT2D eigenvalue weighted by Gasteiger charge is 2.21. The molecule has 58 heavy (non-hydrogen) atoms. The molecule has 1 heterocycles. The summed E-state index contributed by atoms with van der Waals surface area (Å²) in [6.45, 7) is 0. The number of rotatable bonds is 7. The monoisotopic (exact) mass is 739 g/mol. The molecule has 2 heteroatoms. The second kappa shape index (κ2) is 14.1. The molecule has 0 amide bonds. The summed E-state index contributed by atoms with van der Waals surface area (Å²) in [6, 6.07) is 80.7. The molecule has 0 fully saturated rings. The molecule has 0 saturated heterocycles. The van der Waals surface area contributed by atoms with Gasteiger partial charge in [0, 0.05) is 27.7 Å². The van der Waals surface area contributed by atoms with E-state index in [1.165, 1.54) is 49.4 Å². The SMILES string of the molecule is c1ccc(-c2ccccc2-c2cccc(N(c3ccc(-c4cccc5c4ccc4ccccc45)cc3)c3ccccc3-c3cccc4oc5ccccc5c34)c2)cc1. The fourth-order valence-electron chi connectivity index (χ4n) is 8.82. The number of hydrogen-bond acceptors (Lipinski definition) is 2. The summed E-state index contributed by atoms with van der Waals surface area (Å²) in [5, 5.41) is 7.28. The van der Waals surface area contributed by atoms with Crippen LogP contribution in [-0.2, 0) is 0 Å². The minimum absolute atomic E-state index is 0.881. The van der Waals surface area contributed by atoms with Crippen molar-refractivity contribution in [3.05, 3.63) is 224 Å². The number of furan rings is 1. The molecule has 2 nitrogen and oxygen atoms in total. The molecule has 0 saturated carbocycles. The zero-order chi connectivity index (χ0) is 38.4. The van der Waals surface area contributed by atoms with Crippen LogP contribution in [0.1, 0.15) is 0 Å². The lowest BCUT2D eigenvalue weighted by molar-refractivity contribution is 0.669. The summed E-state index contributed by atoms with van der Waals surface area (Å²) in [5.74, 6) is 0. The highest BCUT2D eigenvalue weighted by molar-refractivity contribution is 6.14. The van der Waals surface area contributed by atoms with E-state index in [1.807, 2.05) is 6.07 Å². The van der Waals surface area contributed by atoms with E-state index >= 15 is 0 Å². The standard InChI is InChI=1S/C56H37NO/c1-2-15-38(16-3-1)44-20-6-7-22-47(44)41-18-12-19-43(37-41)57(53-28-10-8-23-50(53)51-27-14-30-55-56(51)52-24-9-11-29-54(52)58-55)42-34-31-40(32-35-42)46-25-13-26-48-45-21-5-4-17-39(45)33-36-49(46)48/h1-37H. The van der Waals surface area contributed by atoms with Crippen molar-refractivity contribution in [3.8, 4) is 44.5 Å². The first-order valence-electron chi connectivity index (χ1n) is 19.8. The molecule has 1 aromatic heterocycles. The van der Waals surface area contributed by atoms with E-state index in [1.54, 1.807) is 0 Å². The molecule has 0 bridgehead atoms. The van der Waals surface area contributed by atoms with Gasteiger partial charge < -0.3 is 9.32 Å². The summed E-state index contributed by atoms with van der Waals surface area (Å²) in [5.41, 5.74) is 14.4. The molecule has 11 rings (SSSR count). The highest BCUT2D eigenvalue weighted by atomic mass is 16.3. The van der Waals surface area contributed by atoms with Gasteiger partial charge in [0.25, 0.3) is 0 Å². The van der Waals surface area contributed by atoms with Crippen molar-refractivity contribution in [2.45, 2.75) is 0 Å². The van der Waals surface area contributed by atoms with Crippen LogP contribution in [-0.4, -0.2) is 0 Å².